The van der Waals surface area contributed by atoms with E-state index >= 15 is 0 Å². The summed E-state index contributed by atoms with van der Waals surface area (Å²) in [6.45, 7) is 2.72. The lowest BCUT2D eigenvalue weighted by Crippen LogP contribution is -2.31. The predicted octanol–water partition coefficient (Wildman–Crippen LogP) is 3.95. The van der Waals surface area contributed by atoms with E-state index in [2.05, 4.69) is 15.0 Å². The van der Waals surface area contributed by atoms with E-state index in [9.17, 15) is 4.79 Å². The number of amides is 1. The lowest BCUT2D eigenvalue weighted by atomic mass is 10.1. The van der Waals surface area contributed by atoms with Gasteiger partial charge < -0.3 is 9.64 Å². The van der Waals surface area contributed by atoms with E-state index in [1.165, 1.54) is 18.0 Å². The Kier molecular flexibility index (Phi) is 4.78. The summed E-state index contributed by atoms with van der Waals surface area (Å²) < 4.78 is 5.88. The monoisotopic (exact) mass is 360 g/mol. The standard InChI is InChI=1S/C21H20N4O2/c1-15-7-9-16(10-8-15)27-20-6-2-4-17(24-20)19-5-3-13-25(19)21(26)18-14-22-11-12-23-18/h2,4,6-12,14,19H,3,5,13H2,1H3. The number of nitrogens with zero attached hydrogens (tertiary/aromatic N) is 4. The van der Waals surface area contributed by atoms with E-state index in [4.69, 9.17) is 4.74 Å². The smallest absolute Gasteiger partial charge is 0.274 e. The van der Waals surface area contributed by atoms with Crippen LogP contribution < -0.4 is 4.74 Å². The SMILES string of the molecule is Cc1ccc(Oc2cccc(C3CCCN3C(=O)c3cnccn3)n2)cc1. The third-order valence-corrected chi connectivity index (χ3v) is 4.63. The molecule has 6 heteroatoms. The fourth-order valence-electron chi connectivity index (χ4n) is 3.27. The number of rotatable bonds is 4. The molecule has 1 amide bonds. The van der Waals surface area contributed by atoms with E-state index in [0.717, 1.165) is 24.3 Å². The topological polar surface area (TPSA) is 68.2 Å². The molecule has 1 aliphatic heterocycles. The normalized spacial score (nSPS) is 16.3. The van der Waals surface area contributed by atoms with Crippen LogP contribution in [-0.2, 0) is 0 Å². The van der Waals surface area contributed by atoms with Gasteiger partial charge in [-0.25, -0.2) is 9.97 Å². The summed E-state index contributed by atoms with van der Waals surface area (Å²) in [5.74, 6) is 1.15. The lowest BCUT2D eigenvalue weighted by molar-refractivity contribution is 0.0726. The van der Waals surface area contributed by atoms with Crippen molar-refractivity contribution in [3.8, 4) is 11.6 Å². The second-order valence-corrected chi connectivity index (χ2v) is 6.56. The second kappa shape index (κ2) is 7.53. The van der Waals surface area contributed by atoms with E-state index in [1.807, 2.05) is 54.3 Å². The zero-order chi connectivity index (χ0) is 18.6. The van der Waals surface area contributed by atoms with Crippen molar-refractivity contribution in [2.75, 3.05) is 6.54 Å². The minimum absolute atomic E-state index is 0.0823. The van der Waals surface area contributed by atoms with E-state index in [-0.39, 0.29) is 11.9 Å². The summed E-state index contributed by atoms with van der Waals surface area (Å²) in [6.07, 6.45) is 6.40. The summed E-state index contributed by atoms with van der Waals surface area (Å²) in [5.41, 5.74) is 2.36. The van der Waals surface area contributed by atoms with Gasteiger partial charge >= 0.3 is 0 Å². The van der Waals surface area contributed by atoms with Crippen LogP contribution in [0.25, 0.3) is 0 Å². The zero-order valence-corrected chi connectivity index (χ0v) is 15.1. The predicted molar refractivity (Wildman–Crippen MR) is 101 cm³/mol. The van der Waals surface area contributed by atoms with E-state index < -0.39 is 0 Å². The van der Waals surface area contributed by atoms with Gasteiger partial charge in [-0.05, 0) is 38.0 Å². The summed E-state index contributed by atoms with van der Waals surface area (Å²) in [4.78, 5) is 27.4. The van der Waals surface area contributed by atoms with Gasteiger partial charge in [0, 0.05) is 25.0 Å². The molecule has 1 saturated heterocycles. The molecule has 0 bridgehead atoms. The maximum atomic E-state index is 12.8. The van der Waals surface area contributed by atoms with Crippen LogP contribution in [0.5, 0.6) is 11.6 Å². The van der Waals surface area contributed by atoms with Crippen LogP contribution in [0.15, 0.2) is 61.1 Å². The van der Waals surface area contributed by atoms with Crippen molar-refractivity contribution >= 4 is 5.91 Å². The fourth-order valence-corrected chi connectivity index (χ4v) is 3.27. The molecule has 0 saturated carbocycles. The first-order chi connectivity index (χ1) is 13.2. The van der Waals surface area contributed by atoms with E-state index in [1.54, 1.807) is 6.20 Å². The Labute approximate surface area is 157 Å². The average Bonchev–Trinajstić information content (AvgIpc) is 3.20. The largest absolute Gasteiger partial charge is 0.439 e. The van der Waals surface area contributed by atoms with Crippen molar-refractivity contribution in [1.82, 2.24) is 19.9 Å². The molecule has 1 fully saturated rings. The number of aryl methyl sites for hydroxylation is 1. The Bertz CT molecular complexity index is 928. The van der Waals surface area contributed by atoms with Crippen LogP contribution in [0.2, 0.25) is 0 Å². The van der Waals surface area contributed by atoms with Gasteiger partial charge in [-0.3, -0.25) is 9.78 Å². The minimum Gasteiger partial charge on any atom is -0.439 e. The number of carbonyl (C=O) groups excluding carboxylic acids is 1. The molecule has 136 valence electrons. The Hall–Kier alpha value is -3.28. The van der Waals surface area contributed by atoms with Crippen molar-refractivity contribution in [2.45, 2.75) is 25.8 Å². The molecule has 1 unspecified atom stereocenters. The number of benzene rings is 1. The Morgan fingerprint density at radius 2 is 2.00 bits per heavy atom. The number of hydrogen-bond donors (Lipinski definition) is 0. The highest BCUT2D eigenvalue weighted by molar-refractivity contribution is 5.92. The summed E-state index contributed by atoms with van der Waals surface area (Å²) in [7, 11) is 0. The van der Waals surface area contributed by atoms with Crippen molar-refractivity contribution in [3.05, 3.63) is 78.0 Å². The van der Waals surface area contributed by atoms with Crippen LogP contribution in [0.1, 0.15) is 40.6 Å². The fraction of sp³-hybridized carbons (Fsp3) is 0.238. The molecule has 1 aliphatic rings. The molecule has 1 atom stereocenters. The number of carbonyl (C=O) groups is 1. The molecular weight excluding hydrogens is 340 g/mol. The maximum absolute atomic E-state index is 12.8. The van der Waals surface area contributed by atoms with Crippen molar-refractivity contribution < 1.29 is 9.53 Å². The maximum Gasteiger partial charge on any atom is 0.274 e. The minimum atomic E-state index is -0.114. The highest BCUT2D eigenvalue weighted by Gasteiger charge is 2.32. The summed E-state index contributed by atoms with van der Waals surface area (Å²) in [6, 6.07) is 13.4. The molecule has 0 N–H and O–H groups in total. The molecule has 3 heterocycles. The van der Waals surface area contributed by atoms with Crippen LogP contribution in [0.4, 0.5) is 0 Å². The molecule has 0 aliphatic carbocycles. The number of pyridine rings is 1. The number of aromatic nitrogens is 3. The summed E-state index contributed by atoms with van der Waals surface area (Å²) >= 11 is 0. The summed E-state index contributed by atoms with van der Waals surface area (Å²) in [5, 5.41) is 0. The molecule has 4 rings (SSSR count). The molecule has 27 heavy (non-hydrogen) atoms. The first-order valence-electron chi connectivity index (χ1n) is 8.99. The van der Waals surface area contributed by atoms with Gasteiger partial charge in [-0.1, -0.05) is 23.8 Å². The Morgan fingerprint density at radius 3 is 2.78 bits per heavy atom. The van der Waals surface area contributed by atoms with Gasteiger partial charge in [0.2, 0.25) is 5.88 Å². The zero-order valence-electron chi connectivity index (χ0n) is 15.1. The highest BCUT2D eigenvalue weighted by atomic mass is 16.5. The van der Waals surface area contributed by atoms with Crippen molar-refractivity contribution in [1.29, 1.82) is 0 Å². The third-order valence-electron chi connectivity index (χ3n) is 4.63. The third kappa shape index (κ3) is 3.79. The van der Waals surface area contributed by atoms with E-state index in [0.29, 0.717) is 18.1 Å². The Balaban J connectivity index is 1.55. The van der Waals surface area contributed by atoms with Crippen LogP contribution >= 0.6 is 0 Å². The lowest BCUT2D eigenvalue weighted by Gasteiger charge is -2.24. The van der Waals surface area contributed by atoms with Gasteiger partial charge in [0.25, 0.3) is 5.91 Å². The second-order valence-electron chi connectivity index (χ2n) is 6.56. The van der Waals surface area contributed by atoms with Crippen LogP contribution in [-0.4, -0.2) is 32.3 Å². The van der Waals surface area contributed by atoms with Crippen molar-refractivity contribution in [2.24, 2.45) is 0 Å². The van der Waals surface area contributed by atoms with Gasteiger partial charge in [-0.2, -0.15) is 0 Å². The van der Waals surface area contributed by atoms with Gasteiger partial charge in [0.05, 0.1) is 17.9 Å². The number of ether oxygens (including phenoxy) is 1. The molecule has 0 radical (unpaired) electrons. The van der Waals surface area contributed by atoms with Gasteiger partial charge in [-0.15, -0.1) is 0 Å². The molecule has 0 spiro atoms. The van der Waals surface area contributed by atoms with Gasteiger partial charge in [0.1, 0.15) is 11.4 Å². The first kappa shape index (κ1) is 17.1. The molecule has 2 aromatic heterocycles. The molecule has 3 aromatic rings. The van der Waals surface area contributed by atoms with Crippen LogP contribution in [0, 0.1) is 6.92 Å². The first-order valence-corrected chi connectivity index (χ1v) is 8.99. The Morgan fingerprint density at radius 1 is 1.15 bits per heavy atom. The number of hydrogen-bond acceptors (Lipinski definition) is 5. The highest BCUT2D eigenvalue weighted by Crippen LogP contribution is 2.33. The van der Waals surface area contributed by atoms with Crippen molar-refractivity contribution in [3.63, 3.8) is 0 Å². The molecular formula is C21H20N4O2. The number of likely N-dealkylation sites (tertiary alicyclic amines) is 1. The molecule has 6 nitrogen and oxygen atoms in total. The van der Waals surface area contributed by atoms with Gasteiger partial charge in [0.15, 0.2) is 0 Å². The van der Waals surface area contributed by atoms with Crippen LogP contribution in [0.3, 0.4) is 0 Å². The molecule has 1 aromatic carbocycles. The average molecular weight is 360 g/mol. The quantitative estimate of drug-likeness (QED) is 0.705.